The number of nitrogens with one attached hydrogen (secondary N) is 1. The molecule has 1 aromatic rings. The number of imide groups is 1. The lowest BCUT2D eigenvalue weighted by atomic mass is 9.85. The van der Waals surface area contributed by atoms with Crippen molar-refractivity contribution in [2.45, 2.75) is 19.4 Å². The molecule has 0 radical (unpaired) electrons. The molecule has 4 rings (SSSR count). The number of hydrogen-bond donors (Lipinski definition) is 1. The van der Waals surface area contributed by atoms with Crippen molar-refractivity contribution in [1.82, 2.24) is 9.88 Å². The van der Waals surface area contributed by atoms with E-state index in [1.54, 1.807) is 31.3 Å². The molecule has 6 heteroatoms. The molecule has 118 valence electrons. The van der Waals surface area contributed by atoms with Crippen LogP contribution in [0.25, 0.3) is 0 Å². The van der Waals surface area contributed by atoms with Gasteiger partial charge in [-0.3, -0.25) is 19.3 Å². The van der Waals surface area contributed by atoms with Gasteiger partial charge >= 0.3 is 0 Å². The highest BCUT2D eigenvalue weighted by atomic mass is 16.2. The van der Waals surface area contributed by atoms with Crippen LogP contribution in [0.5, 0.6) is 0 Å². The number of fused-ring (bicyclic) bond motifs is 5. The summed E-state index contributed by atoms with van der Waals surface area (Å²) < 4.78 is 0. The van der Waals surface area contributed by atoms with Crippen molar-refractivity contribution in [3.05, 3.63) is 36.5 Å². The molecule has 0 unspecified atom stereocenters. The van der Waals surface area contributed by atoms with Crippen LogP contribution in [0.1, 0.15) is 13.3 Å². The number of anilines is 1. The number of amides is 3. The fourth-order valence-electron chi connectivity index (χ4n) is 4.09. The molecule has 2 aliphatic carbocycles. The Balaban J connectivity index is 1.53. The molecule has 1 aliphatic heterocycles. The summed E-state index contributed by atoms with van der Waals surface area (Å²) in [7, 11) is 0. The van der Waals surface area contributed by atoms with E-state index in [-0.39, 0.29) is 35.5 Å². The molecule has 23 heavy (non-hydrogen) atoms. The zero-order valence-electron chi connectivity index (χ0n) is 12.7. The first-order valence-corrected chi connectivity index (χ1v) is 7.85. The maximum atomic E-state index is 12.7. The van der Waals surface area contributed by atoms with E-state index in [2.05, 4.69) is 10.3 Å². The van der Waals surface area contributed by atoms with Crippen LogP contribution >= 0.6 is 0 Å². The zero-order chi connectivity index (χ0) is 16.1. The van der Waals surface area contributed by atoms with Crippen molar-refractivity contribution in [2.75, 3.05) is 5.32 Å². The Morgan fingerprint density at radius 1 is 1.22 bits per heavy atom. The third-order valence-corrected chi connectivity index (χ3v) is 5.19. The minimum absolute atomic E-state index is 0.150. The van der Waals surface area contributed by atoms with Crippen LogP contribution in [0.15, 0.2) is 36.5 Å². The lowest BCUT2D eigenvalue weighted by Gasteiger charge is -2.23. The quantitative estimate of drug-likeness (QED) is 0.672. The highest BCUT2D eigenvalue weighted by Crippen LogP contribution is 2.52. The standard InChI is InChI=1S/C17H17N3O3/c1-9(15(21)19-12-4-2-3-7-18-12)20-16(22)13-10-5-6-11(8-10)14(13)17(20)23/h2-7,9-11,13-14H,8H2,1H3,(H,18,19,21)/t9-,10+,11+,13+,14+/m1/s1. The SMILES string of the molecule is C[C@H](C(=O)Nc1ccccn1)N1C(=O)[C@@H]2[C@@H](C1=O)[C@H]1C=C[C@H]2C1. The smallest absolute Gasteiger partial charge is 0.248 e. The van der Waals surface area contributed by atoms with Gasteiger partial charge in [0.15, 0.2) is 0 Å². The summed E-state index contributed by atoms with van der Waals surface area (Å²) in [5, 5.41) is 2.65. The average molecular weight is 311 g/mol. The molecular formula is C17H17N3O3. The summed E-state index contributed by atoms with van der Waals surface area (Å²) in [6.07, 6.45) is 6.54. The Labute approximate surface area is 133 Å². The normalized spacial score (nSPS) is 32.3. The van der Waals surface area contributed by atoms with E-state index in [0.29, 0.717) is 5.82 Å². The molecule has 3 amide bonds. The van der Waals surface area contributed by atoms with Crippen molar-refractivity contribution in [2.24, 2.45) is 23.7 Å². The Hall–Kier alpha value is -2.50. The zero-order valence-corrected chi connectivity index (χ0v) is 12.7. The van der Waals surface area contributed by atoms with Gasteiger partial charge in [0.1, 0.15) is 11.9 Å². The molecular weight excluding hydrogens is 294 g/mol. The Bertz CT molecular complexity index is 685. The highest BCUT2D eigenvalue weighted by molar-refractivity contribution is 6.10. The van der Waals surface area contributed by atoms with E-state index < -0.39 is 11.9 Å². The van der Waals surface area contributed by atoms with Gasteiger partial charge in [-0.25, -0.2) is 4.98 Å². The predicted molar refractivity (Wildman–Crippen MR) is 81.9 cm³/mol. The van der Waals surface area contributed by atoms with E-state index in [4.69, 9.17) is 0 Å². The molecule has 2 bridgehead atoms. The molecule has 1 aromatic heterocycles. The lowest BCUT2D eigenvalue weighted by molar-refractivity contribution is -0.146. The molecule has 6 nitrogen and oxygen atoms in total. The van der Waals surface area contributed by atoms with Gasteiger partial charge in [-0.15, -0.1) is 0 Å². The maximum Gasteiger partial charge on any atom is 0.248 e. The van der Waals surface area contributed by atoms with E-state index in [9.17, 15) is 14.4 Å². The summed E-state index contributed by atoms with van der Waals surface area (Å²) in [6, 6.07) is 4.34. The number of likely N-dealkylation sites (tertiary alicyclic amines) is 1. The Morgan fingerprint density at radius 3 is 2.43 bits per heavy atom. The molecule has 0 aromatic carbocycles. The molecule has 1 saturated carbocycles. The fourth-order valence-corrected chi connectivity index (χ4v) is 4.09. The van der Waals surface area contributed by atoms with Gasteiger partial charge in [-0.05, 0) is 37.3 Å². The van der Waals surface area contributed by atoms with Gasteiger partial charge in [0.05, 0.1) is 11.8 Å². The second-order valence-corrected chi connectivity index (χ2v) is 6.43. The molecule has 1 saturated heterocycles. The van der Waals surface area contributed by atoms with Gasteiger partial charge in [-0.1, -0.05) is 18.2 Å². The Morgan fingerprint density at radius 2 is 1.87 bits per heavy atom. The molecule has 0 spiro atoms. The van der Waals surface area contributed by atoms with Crippen molar-refractivity contribution < 1.29 is 14.4 Å². The van der Waals surface area contributed by atoms with Crippen molar-refractivity contribution in [3.8, 4) is 0 Å². The topological polar surface area (TPSA) is 79.4 Å². The van der Waals surface area contributed by atoms with E-state index >= 15 is 0 Å². The fraction of sp³-hybridized carbons (Fsp3) is 0.412. The molecule has 2 heterocycles. The average Bonchev–Trinajstić information content (AvgIpc) is 3.22. The maximum absolute atomic E-state index is 12.7. The first kappa shape index (κ1) is 14.1. The third-order valence-electron chi connectivity index (χ3n) is 5.19. The number of carbonyl (C=O) groups is 3. The summed E-state index contributed by atoms with van der Waals surface area (Å²) in [6.45, 7) is 1.59. The van der Waals surface area contributed by atoms with Gasteiger partial charge in [0.25, 0.3) is 0 Å². The minimum atomic E-state index is -0.831. The number of pyridine rings is 1. The first-order valence-electron chi connectivity index (χ1n) is 7.85. The van der Waals surface area contributed by atoms with Crippen LogP contribution in [0, 0.1) is 23.7 Å². The number of nitrogens with zero attached hydrogens (tertiary/aromatic N) is 2. The summed E-state index contributed by atoms with van der Waals surface area (Å²) in [5.74, 6) is -0.655. The summed E-state index contributed by atoms with van der Waals surface area (Å²) in [5.41, 5.74) is 0. The van der Waals surface area contributed by atoms with Crippen LogP contribution in [0.2, 0.25) is 0 Å². The third kappa shape index (κ3) is 2.01. The second kappa shape index (κ2) is 5.01. The Kier molecular flexibility index (Phi) is 3.07. The van der Waals surface area contributed by atoms with Crippen molar-refractivity contribution in [1.29, 1.82) is 0 Å². The van der Waals surface area contributed by atoms with Crippen LogP contribution in [0.4, 0.5) is 5.82 Å². The van der Waals surface area contributed by atoms with Crippen LogP contribution < -0.4 is 5.32 Å². The number of aromatic nitrogens is 1. The summed E-state index contributed by atoms with van der Waals surface area (Å²) >= 11 is 0. The van der Waals surface area contributed by atoms with E-state index in [0.717, 1.165) is 11.3 Å². The second-order valence-electron chi connectivity index (χ2n) is 6.43. The van der Waals surface area contributed by atoms with Crippen molar-refractivity contribution >= 4 is 23.5 Å². The number of carbonyl (C=O) groups excluding carboxylic acids is 3. The van der Waals surface area contributed by atoms with Crippen molar-refractivity contribution in [3.63, 3.8) is 0 Å². The minimum Gasteiger partial charge on any atom is -0.309 e. The van der Waals surface area contributed by atoms with Gasteiger partial charge in [-0.2, -0.15) is 0 Å². The predicted octanol–water partition coefficient (Wildman–Crippen LogP) is 1.22. The van der Waals surface area contributed by atoms with E-state index in [1.807, 2.05) is 12.2 Å². The van der Waals surface area contributed by atoms with Gasteiger partial charge < -0.3 is 5.32 Å². The molecule has 5 atom stereocenters. The first-order chi connectivity index (χ1) is 11.1. The van der Waals surface area contributed by atoms with Crippen LogP contribution in [-0.2, 0) is 14.4 Å². The number of rotatable bonds is 3. The lowest BCUT2D eigenvalue weighted by Crippen LogP contribution is -2.46. The van der Waals surface area contributed by atoms with Gasteiger partial charge in [0, 0.05) is 6.20 Å². The summed E-state index contributed by atoms with van der Waals surface area (Å²) in [4.78, 5) is 42.9. The largest absolute Gasteiger partial charge is 0.309 e. The van der Waals surface area contributed by atoms with Crippen LogP contribution in [0.3, 0.4) is 0 Å². The van der Waals surface area contributed by atoms with Gasteiger partial charge in [0.2, 0.25) is 17.7 Å². The highest BCUT2D eigenvalue weighted by Gasteiger charge is 2.60. The molecule has 2 fully saturated rings. The molecule has 3 aliphatic rings. The van der Waals surface area contributed by atoms with E-state index in [1.165, 1.54) is 0 Å². The number of allylic oxidation sites excluding steroid dienone is 2. The molecule has 1 N–H and O–H groups in total. The monoisotopic (exact) mass is 311 g/mol. The number of hydrogen-bond acceptors (Lipinski definition) is 4. The van der Waals surface area contributed by atoms with Crippen LogP contribution in [-0.4, -0.2) is 33.6 Å².